The minimum atomic E-state index is 0.777. The number of rotatable bonds is 7. The molecular weight excluding hydrogens is 258 g/mol. The minimum absolute atomic E-state index is 0.777. The van der Waals surface area contributed by atoms with E-state index in [0.717, 1.165) is 25.6 Å². The van der Waals surface area contributed by atoms with Gasteiger partial charge in [-0.3, -0.25) is 4.90 Å². The van der Waals surface area contributed by atoms with E-state index in [2.05, 4.69) is 60.2 Å². The lowest BCUT2D eigenvalue weighted by Gasteiger charge is -2.35. The van der Waals surface area contributed by atoms with Crippen LogP contribution in [-0.4, -0.2) is 49.1 Å². The lowest BCUT2D eigenvalue weighted by atomic mass is 10.1. The van der Waals surface area contributed by atoms with Crippen molar-refractivity contribution in [3.63, 3.8) is 0 Å². The van der Waals surface area contributed by atoms with Crippen molar-refractivity contribution in [1.82, 2.24) is 15.1 Å². The van der Waals surface area contributed by atoms with Crippen LogP contribution in [0.2, 0.25) is 0 Å². The van der Waals surface area contributed by atoms with E-state index in [4.69, 9.17) is 0 Å². The maximum atomic E-state index is 3.40. The smallest absolute Gasteiger partial charge is 0.0234 e. The molecule has 21 heavy (non-hydrogen) atoms. The summed E-state index contributed by atoms with van der Waals surface area (Å²) < 4.78 is 0. The highest BCUT2D eigenvalue weighted by atomic mass is 15.3. The number of hydrogen-bond donors (Lipinski definition) is 1. The Morgan fingerprint density at radius 2 is 1.71 bits per heavy atom. The molecule has 0 amide bonds. The van der Waals surface area contributed by atoms with E-state index in [-0.39, 0.29) is 0 Å². The fraction of sp³-hybridized carbons (Fsp3) is 0.667. The van der Waals surface area contributed by atoms with Crippen molar-refractivity contribution < 1.29 is 0 Å². The Hall–Kier alpha value is -0.900. The molecule has 0 spiro atoms. The fourth-order valence-corrected chi connectivity index (χ4v) is 3.01. The van der Waals surface area contributed by atoms with Crippen LogP contribution in [0, 0.1) is 5.92 Å². The Balaban J connectivity index is 1.80. The number of benzene rings is 1. The van der Waals surface area contributed by atoms with Crippen LogP contribution in [0.4, 0.5) is 0 Å². The van der Waals surface area contributed by atoms with Crippen molar-refractivity contribution >= 4 is 0 Å². The molecule has 2 rings (SSSR count). The van der Waals surface area contributed by atoms with Crippen molar-refractivity contribution in [2.75, 3.05) is 39.3 Å². The zero-order valence-corrected chi connectivity index (χ0v) is 13.9. The molecule has 1 heterocycles. The summed E-state index contributed by atoms with van der Waals surface area (Å²) in [6.45, 7) is 15.9. The summed E-state index contributed by atoms with van der Waals surface area (Å²) in [5.74, 6) is 0.777. The summed E-state index contributed by atoms with van der Waals surface area (Å²) in [7, 11) is 0. The Morgan fingerprint density at radius 3 is 2.38 bits per heavy atom. The molecule has 0 radical (unpaired) electrons. The van der Waals surface area contributed by atoms with Crippen molar-refractivity contribution in [3.8, 4) is 0 Å². The molecular formula is C18H31N3. The van der Waals surface area contributed by atoms with Crippen LogP contribution < -0.4 is 5.32 Å². The van der Waals surface area contributed by atoms with Gasteiger partial charge in [0, 0.05) is 45.8 Å². The SMILES string of the molecule is CCNCc1cccc(CN2CCN(CC(C)C)CC2)c1. The van der Waals surface area contributed by atoms with Gasteiger partial charge in [0.25, 0.3) is 0 Å². The van der Waals surface area contributed by atoms with Gasteiger partial charge in [-0.05, 0) is 23.6 Å². The monoisotopic (exact) mass is 289 g/mol. The van der Waals surface area contributed by atoms with Gasteiger partial charge in [0.1, 0.15) is 0 Å². The van der Waals surface area contributed by atoms with Gasteiger partial charge >= 0.3 is 0 Å². The van der Waals surface area contributed by atoms with Crippen molar-refractivity contribution in [3.05, 3.63) is 35.4 Å². The average molecular weight is 289 g/mol. The standard InChI is InChI=1S/C18H31N3/c1-4-19-13-17-6-5-7-18(12-17)15-21-10-8-20(9-11-21)14-16(2)3/h5-7,12,16,19H,4,8-11,13-15H2,1-3H3. The Labute approximate surface area is 130 Å². The van der Waals surface area contributed by atoms with Crippen molar-refractivity contribution in [2.45, 2.75) is 33.9 Å². The molecule has 1 aromatic rings. The molecule has 118 valence electrons. The predicted molar refractivity (Wildman–Crippen MR) is 90.4 cm³/mol. The third-order valence-corrected chi connectivity index (χ3v) is 4.06. The van der Waals surface area contributed by atoms with Crippen LogP contribution in [0.15, 0.2) is 24.3 Å². The molecule has 1 aliphatic heterocycles. The molecule has 1 saturated heterocycles. The molecule has 3 heteroatoms. The second kappa shape index (κ2) is 8.52. The third kappa shape index (κ3) is 5.77. The highest BCUT2D eigenvalue weighted by Crippen LogP contribution is 2.11. The second-order valence-corrected chi connectivity index (χ2v) is 6.57. The molecule has 1 N–H and O–H groups in total. The first-order valence-corrected chi connectivity index (χ1v) is 8.40. The molecule has 1 fully saturated rings. The lowest BCUT2D eigenvalue weighted by Crippen LogP contribution is -2.46. The first-order chi connectivity index (χ1) is 10.2. The van der Waals surface area contributed by atoms with Crippen LogP contribution in [0.25, 0.3) is 0 Å². The number of hydrogen-bond acceptors (Lipinski definition) is 3. The van der Waals surface area contributed by atoms with Crippen molar-refractivity contribution in [2.24, 2.45) is 5.92 Å². The van der Waals surface area contributed by atoms with Gasteiger partial charge in [-0.25, -0.2) is 0 Å². The molecule has 0 atom stereocenters. The van der Waals surface area contributed by atoms with Gasteiger partial charge in [-0.15, -0.1) is 0 Å². The van der Waals surface area contributed by atoms with E-state index in [1.807, 2.05) is 0 Å². The predicted octanol–water partition coefficient (Wildman–Crippen LogP) is 2.57. The first kappa shape index (κ1) is 16.5. The molecule has 0 unspecified atom stereocenters. The maximum absolute atomic E-state index is 3.40. The molecule has 0 aromatic heterocycles. The van der Waals surface area contributed by atoms with Gasteiger partial charge in [0.05, 0.1) is 0 Å². The van der Waals surface area contributed by atoms with Gasteiger partial charge in [0.2, 0.25) is 0 Å². The summed E-state index contributed by atoms with van der Waals surface area (Å²) in [4.78, 5) is 5.19. The summed E-state index contributed by atoms with van der Waals surface area (Å²) >= 11 is 0. The highest BCUT2D eigenvalue weighted by molar-refractivity contribution is 5.23. The summed E-state index contributed by atoms with van der Waals surface area (Å²) in [5.41, 5.74) is 2.84. The Bertz CT molecular complexity index is 409. The molecule has 0 saturated carbocycles. The fourth-order valence-electron chi connectivity index (χ4n) is 3.01. The zero-order valence-electron chi connectivity index (χ0n) is 13.9. The zero-order chi connectivity index (χ0) is 15.1. The topological polar surface area (TPSA) is 18.5 Å². The Morgan fingerprint density at radius 1 is 1.05 bits per heavy atom. The second-order valence-electron chi connectivity index (χ2n) is 6.57. The molecule has 0 aliphatic carbocycles. The van der Waals surface area contributed by atoms with Gasteiger partial charge < -0.3 is 10.2 Å². The molecule has 0 bridgehead atoms. The van der Waals surface area contributed by atoms with E-state index in [1.165, 1.54) is 43.9 Å². The molecule has 3 nitrogen and oxygen atoms in total. The van der Waals surface area contributed by atoms with E-state index >= 15 is 0 Å². The van der Waals surface area contributed by atoms with Crippen molar-refractivity contribution in [1.29, 1.82) is 0 Å². The number of nitrogens with zero attached hydrogens (tertiary/aromatic N) is 2. The minimum Gasteiger partial charge on any atom is -0.313 e. The van der Waals surface area contributed by atoms with E-state index in [1.54, 1.807) is 0 Å². The van der Waals surface area contributed by atoms with Crippen LogP contribution in [0.3, 0.4) is 0 Å². The van der Waals surface area contributed by atoms with Gasteiger partial charge in [0.15, 0.2) is 0 Å². The van der Waals surface area contributed by atoms with Crippen LogP contribution in [0.5, 0.6) is 0 Å². The third-order valence-electron chi connectivity index (χ3n) is 4.06. The van der Waals surface area contributed by atoms with Crippen LogP contribution in [-0.2, 0) is 13.1 Å². The number of nitrogens with one attached hydrogen (secondary N) is 1. The quantitative estimate of drug-likeness (QED) is 0.832. The van der Waals surface area contributed by atoms with E-state index in [9.17, 15) is 0 Å². The normalized spacial score (nSPS) is 17.5. The Kier molecular flexibility index (Phi) is 6.68. The highest BCUT2D eigenvalue weighted by Gasteiger charge is 2.17. The largest absolute Gasteiger partial charge is 0.313 e. The molecule has 1 aliphatic rings. The summed E-state index contributed by atoms with van der Waals surface area (Å²) in [6, 6.07) is 9.02. The van der Waals surface area contributed by atoms with Gasteiger partial charge in [-0.2, -0.15) is 0 Å². The molecule has 1 aromatic carbocycles. The van der Waals surface area contributed by atoms with Crippen LogP contribution >= 0.6 is 0 Å². The van der Waals surface area contributed by atoms with Gasteiger partial charge in [-0.1, -0.05) is 45.0 Å². The lowest BCUT2D eigenvalue weighted by molar-refractivity contribution is 0.117. The van der Waals surface area contributed by atoms with E-state index in [0.29, 0.717) is 0 Å². The first-order valence-electron chi connectivity index (χ1n) is 8.40. The summed E-state index contributed by atoms with van der Waals surface area (Å²) in [5, 5.41) is 3.40. The summed E-state index contributed by atoms with van der Waals surface area (Å²) in [6.07, 6.45) is 0. The average Bonchev–Trinajstić information content (AvgIpc) is 2.47. The number of piperazine rings is 1. The van der Waals surface area contributed by atoms with E-state index < -0.39 is 0 Å². The van der Waals surface area contributed by atoms with Crippen LogP contribution in [0.1, 0.15) is 31.9 Å². The maximum Gasteiger partial charge on any atom is 0.0234 e.